The normalized spacial score (nSPS) is 16.4. The van der Waals surface area contributed by atoms with Crippen LogP contribution in [0.3, 0.4) is 0 Å². The number of halogens is 1. The molecule has 2 aromatic carbocycles. The molecule has 0 radical (unpaired) electrons. The Hall–Kier alpha value is -1.60. The SMILES string of the molecule is COc1cc(Br)c(C(c2cc3ccccc3s2)N2CCNCC2)cc1OC. The van der Waals surface area contributed by atoms with E-state index >= 15 is 0 Å². The van der Waals surface area contributed by atoms with Crippen LogP contribution in [0.5, 0.6) is 11.5 Å². The van der Waals surface area contributed by atoms with Gasteiger partial charge in [0.05, 0.1) is 20.3 Å². The Balaban J connectivity index is 1.85. The molecule has 2 heterocycles. The maximum atomic E-state index is 5.59. The summed E-state index contributed by atoms with van der Waals surface area (Å²) in [5, 5.41) is 4.76. The molecule has 1 saturated heterocycles. The van der Waals surface area contributed by atoms with Gasteiger partial charge in [-0.25, -0.2) is 0 Å². The molecule has 0 aliphatic carbocycles. The van der Waals surface area contributed by atoms with Crippen molar-refractivity contribution >= 4 is 37.4 Å². The van der Waals surface area contributed by atoms with Gasteiger partial charge in [0.1, 0.15) is 0 Å². The van der Waals surface area contributed by atoms with Crippen molar-refractivity contribution in [2.75, 3.05) is 40.4 Å². The molecule has 1 N–H and O–H groups in total. The summed E-state index contributed by atoms with van der Waals surface area (Å²) in [7, 11) is 3.36. The largest absolute Gasteiger partial charge is 0.493 e. The molecule has 0 saturated carbocycles. The minimum Gasteiger partial charge on any atom is -0.493 e. The van der Waals surface area contributed by atoms with E-state index in [-0.39, 0.29) is 6.04 Å². The van der Waals surface area contributed by atoms with E-state index in [0.717, 1.165) is 42.2 Å². The molecule has 6 heteroatoms. The summed E-state index contributed by atoms with van der Waals surface area (Å²) in [5.74, 6) is 1.50. The lowest BCUT2D eigenvalue weighted by Crippen LogP contribution is -2.45. The summed E-state index contributed by atoms with van der Waals surface area (Å²) >= 11 is 5.66. The Kier molecular flexibility index (Phi) is 5.68. The quantitative estimate of drug-likeness (QED) is 0.616. The number of hydrogen-bond donors (Lipinski definition) is 1. The summed E-state index contributed by atoms with van der Waals surface area (Å²) in [4.78, 5) is 3.90. The van der Waals surface area contributed by atoms with Gasteiger partial charge in [-0.2, -0.15) is 0 Å². The second kappa shape index (κ2) is 8.19. The van der Waals surface area contributed by atoms with Crippen molar-refractivity contribution in [3.63, 3.8) is 0 Å². The molecule has 1 atom stereocenters. The number of benzene rings is 2. The summed E-state index contributed by atoms with van der Waals surface area (Å²) < 4.78 is 13.4. The van der Waals surface area contributed by atoms with Crippen LogP contribution < -0.4 is 14.8 Å². The van der Waals surface area contributed by atoms with Gasteiger partial charge in [0, 0.05) is 40.2 Å². The fourth-order valence-electron chi connectivity index (χ4n) is 3.69. The Morgan fingerprint density at radius 1 is 1.04 bits per heavy atom. The minimum atomic E-state index is 0.179. The molecule has 142 valence electrons. The van der Waals surface area contributed by atoms with Crippen molar-refractivity contribution < 1.29 is 9.47 Å². The Morgan fingerprint density at radius 2 is 1.74 bits per heavy atom. The molecule has 0 spiro atoms. The van der Waals surface area contributed by atoms with Gasteiger partial charge < -0.3 is 14.8 Å². The third kappa shape index (κ3) is 3.72. The lowest BCUT2D eigenvalue weighted by molar-refractivity contribution is 0.200. The van der Waals surface area contributed by atoms with Crippen LogP contribution in [0.2, 0.25) is 0 Å². The second-order valence-electron chi connectivity index (χ2n) is 6.60. The number of rotatable bonds is 5. The number of fused-ring (bicyclic) bond motifs is 1. The van der Waals surface area contributed by atoms with E-state index in [9.17, 15) is 0 Å². The summed E-state index contributed by atoms with van der Waals surface area (Å²) in [6.45, 7) is 4.04. The van der Waals surface area contributed by atoms with Gasteiger partial charge in [-0.3, -0.25) is 4.90 Å². The van der Waals surface area contributed by atoms with Crippen LogP contribution in [0.4, 0.5) is 0 Å². The van der Waals surface area contributed by atoms with Crippen LogP contribution in [0.1, 0.15) is 16.5 Å². The lowest BCUT2D eigenvalue weighted by atomic mass is 10.0. The zero-order chi connectivity index (χ0) is 18.8. The van der Waals surface area contributed by atoms with Crippen molar-refractivity contribution in [1.29, 1.82) is 0 Å². The molecule has 1 fully saturated rings. The van der Waals surface area contributed by atoms with Gasteiger partial charge >= 0.3 is 0 Å². The first-order chi connectivity index (χ1) is 13.2. The summed E-state index contributed by atoms with van der Waals surface area (Å²) in [5.41, 5.74) is 1.21. The summed E-state index contributed by atoms with van der Waals surface area (Å²) in [6.07, 6.45) is 0. The van der Waals surface area contributed by atoms with Crippen LogP contribution >= 0.6 is 27.3 Å². The molecule has 1 aliphatic heterocycles. The lowest BCUT2D eigenvalue weighted by Gasteiger charge is -2.35. The highest BCUT2D eigenvalue weighted by Gasteiger charge is 2.28. The Morgan fingerprint density at radius 3 is 2.44 bits per heavy atom. The standard InChI is InChI=1S/C21H23BrN2O2S/c1-25-17-12-15(16(22)13-18(17)26-2)21(24-9-7-23-8-10-24)20-11-14-5-3-4-6-19(14)27-20/h3-6,11-13,21,23H,7-10H2,1-2H3. The van der Waals surface area contributed by atoms with E-state index in [2.05, 4.69) is 62.5 Å². The Labute approximate surface area is 172 Å². The van der Waals surface area contributed by atoms with Gasteiger partial charge in [-0.15, -0.1) is 11.3 Å². The van der Waals surface area contributed by atoms with E-state index in [1.807, 2.05) is 17.4 Å². The average molecular weight is 447 g/mol. The Bertz CT molecular complexity index is 904. The molecule has 1 aromatic heterocycles. The number of nitrogens with zero attached hydrogens (tertiary/aromatic N) is 1. The number of hydrogen-bond acceptors (Lipinski definition) is 5. The molecule has 27 heavy (non-hydrogen) atoms. The fourth-order valence-corrected chi connectivity index (χ4v) is 5.44. The average Bonchev–Trinajstić information content (AvgIpc) is 3.13. The second-order valence-corrected chi connectivity index (χ2v) is 8.57. The predicted molar refractivity (Wildman–Crippen MR) is 115 cm³/mol. The van der Waals surface area contributed by atoms with Crippen molar-refractivity contribution in [3.8, 4) is 11.5 Å². The van der Waals surface area contributed by atoms with Gasteiger partial charge in [-0.1, -0.05) is 34.1 Å². The predicted octanol–water partition coefficient (Wildman–Crippen LogP) is 4.68. The molecule has 0 amide bonds. The minimum absolute atomic E-state index is 0.179. The first-order valence-electron chi connectivity index (χ1n) is 9.06. The van der Waals surface area contributed by atoms with Crippen molar-refractivity contribution in [2.45, 2.75) is 6.04 Å². The van der Waals surface area contributed by atoms with Gasteiger partial charge in [0.25, 0.3) is 0 Å². The zero-order valence-corrected chi connectivity index (χ0v) is 17.9. The van der Waals surface area contributed by atoms with Crippen LogP contribution in [-0.4, -0.2) is 45.3 Å². The molecule has 3 aromatic rings. The van der Waals surface area contributed by atoms with E-state index in [0.29, 0.717) is 0 Å². The van der Waals surface area contributed by atoms with Crippen molar-refractivity contribution in [2.24, 2.45) is 0 Å². The molecule has 4 nitrogen and oxygen atoms in total. The van der Waals surface area contributed by atoms with Crippen molar-refractivity contribution in [3.05, 3.63) is 57.4 Å². The number of methoxy groups -OCH3 is 2. The smallest absolute Gasteiger partial charge is 0.161 e. The van der Waals surface area contributed by atoms with Crippen LogP contribution in [0.25, 0.3) is 10.1 Å². The number of piperazine rings is 1. The highest BCUT2D eigenvalue weighted by atomic mass is 79.9. The van der Waals surface area contributed by atoms with Gasteiger partial charge in [0.15, 0.2) is 11.5 Å². The summed E-state index contributed by atoms with van der Waals surface area (Å²) in [6, 6.07) is 15.2. The third-order valence-corrected chi connectivity index (χ3v) is 6.88. The molecular weight excluding hydrogens is 424 g/mol. The number of thiophene rings is 1. The first kappa shape index (κ1) is 18.7. The topological polar surface area (TPSA) is 33.7 Å². The molecular formula is C21H23BrN2O2S. The van der Waals surface area contributed by atoms with Crippen molar-refractivity contribution in [1.82, 2.24) is 10.2 Å². The van der Waals surface area contributed by atoms with Gasteiger partial charge in [0.2, 0.25) is 0 Å². The molecule has 4 rings (SSSR count). The van der Waals surface area contributed by atoms with E-state index in [1.165, 1.54) is 20.5 Å². The molecule has 1 aliphatic rings. The van der Waals surface area contributed by atoms with Crippen LogP contribution in [0.15, 0.2) is 46.9 Å². The fraction of sp³-hybridized carbons (Fsp3) is 0.333. The molecule has 0 bridgehead atoms. The maximum absolute atomic E-state index is 5.59. The highest BCUT2D eigenvalue weighted by Crippen LogP contribution is 2.43. The number of ether oxygens (including phenoxy) is 2. The van der Waals surface area contributed by atoms with Crippen LogP contribution in [-0.2, 0) is 0 Å². The first-order valence-corrected chi connectivity index (χ1v) is 10.7. The van der Waals surface area contributed by atoms with E-state index < -0.39 is 0 Å². The number of nitrogens with one attached hydrogen (secondary N) is 1. The highest BCUT2D eigenvalue weighted by molar-refractivity contribution is 9.10. The van der Waals surface area contributed by atoms with Crippen LogP contribution in [0, 0.1) is 0 Å². The third-order valence-electron chi connectivity index (χ3n) is 5.03. The van der Waals surface area contributed by atoms with E-state index in [1.54, 1.807) is 14.2 Å². The van der Waals surface area contributed by atoms with E-state index in [4.69, 9.17) is 9.47 Å². The monoisotopic (exact) mass is 446 g/mol. The zero-order valence-electron chi connectivity index (χ0n) is 15.5. The maximum Gasteiger partial charge on any atom is 0.161 e. The van der Waals surface area contributed by atoms with Gasteiger partial charge in [-0.05, 0) is 35.2 Å². The molecule has 1 unspecified atom stereocenters.